The van der Waals surface area contributed by atoms with Gasteiger partial charge in [-0.25, -0.2) is 4.98 Å². The highest BCUT2D eigenvalue weighted by molar-refractivity contribution is 6.31. The molecular formula is C7H6ClF3N2. The van der Waals surface area contributed by atoms with Crippen molar-refractivity contribution in [2.45, 2.75) is 13.1 Å². The normalized spacial score (nSPS) is 11.8. The summed E-state index contributed by atoms with van der Waals surface area (Å²) in [6, 6.07) is 0.757. The van der Waals surface area contributed by atoms with Crippen LogP contribution in [0.25, 0.3) is 0 Å². The molecule has 1 aromatic heterocycles. The van der Waals surface area contributed by atoms with Crippen molar-refractivity contribution in [1.29, 1.82) is 0 Å². The van der Waals surface area contributed by atoms with E-state index in [1.165, 1.54) is 6.92 Å². The first-order valence-electron chi connectivity index (χ1n) is 3.32. The minimum atomic E-state index is -4.51. The summed E-state index contributed by atoms with van der Waals surface area (Å²) in [5.74, 6) is -0.195. The van der Waals surface area contributed by atoms with Crippen molar-refractivity contribution < 1.29 is 13.2 Å². The maximum atomic E-state index is 12.1. The lowest BCUT2D eigenvalue weighted by atomic mass is 10.2. The molecule has 0 aliphatic heterocycles. The van der Waals surface area contributed by atoms with E-state index >= 15 is 0 Å². The van der Waals surface area contributed by atoms with Gasteiger partial charge in [0, 0.05) is 10.6 Å². The quantitative estimate of drug-likeness (QED) is 0.715. The predicted molar refractivity (Wildman–Crippen MR) is 43.4 cm³/mol. The fourth-order valence-electron chi connectivity index (χ4n) is 0.742. The van der Waals surface area contributed by atoms with E-state index in [1.807, 2.05) is 0 Å². The summed E-state index contributed by atoms with van der Waals surface area (Å²) in [6.07, 6.45) is -4.51. The van der Waals surface area contributed by atoms with Crippen molar-refractivity contribution in [3.8, 4) is 0 Å². The SMILES string of the molecule is Cc1c(Cl)cc(C(F)(F)F)nc1N. The van der Waals surface area contributed by atoms with Gasteiger partial charge in [0.1, 0.15) is 11.5 Å². The molecule has 1 aromatic rings. The Kier molecular flexibility index (Phi) is 2.38. The lowest BCUT2D eigenvalue weighted by Crippen LogP contribution is -2.10. The van der Waals surface area contributed by atoms with Gasteiger partial charge in [-0.3, -0.25) is 0 Å². The molecule has 13 heavy (non-hydrogen) atoms. The maximum Gasteiger partial charge on any atom is 0.433 e. The van der Waals surface area contributed by atoms with Gasteiger partial charge in [-0.2, -0.15) is 13.2 Å². The highest BCUT2D eigenvalue weighted by Gasteiger charge is 2.33. The number of halogens is 4. The molecule has 0 radical (unpaired) electrons. The Morgan fingerprint density at radius 1 is 1.46 bits per heavy atom. The smallest absolute Gasteiger partial charge is 0.383 e. The third-order valence-corrected chi connectivity index (χ3v) is 1.93. The van der Waals surface area contributed by atoms with Crippen molar-refractivity contribution in [3.05, 3.63) is 22.3 Å². The fourth-order valence-corrected chi connectivity index (χ4v) is 0.942. The minimum Gasteiger partial charge on any atom is -0.383 e. The Morgan fingerprint density at radius 2 is 2.00 bits per heavy atom. The lowest BCUT2D eigenvalue weighted by molar-refractivity contribution is -0.141. The van der Waals surface area contributed by atoms with Crippen LogP contribution in [-0.2, 0) is 6.18 Å². The Morgan fingerprint density at radius 3 is 2.38 bits per heavy atom. The van der Waals surface area contributed by atoms with E-state index in [-0.39, 0.29) is 10.8 Å². The molecule has 0 unspecified atom stereocenters. The number of anilines is 1. The highest BCUT2D eigenvalue weighted by Crippen LogP contribution is 2.31. The Balaban J connectivity index is 3.29. The summed E-state index contributed by atoms with van der Waals surface area (Å²) in [4.78, 5) is 3.17. The van der Waals surface area contributed by atoms with E-state index in [9.17, 15) is 13.2 Å². The zero-order valence-corrected chi connectivity index (χ0v) is 7.37. The van der Waals surface area contributed by atoms with Gasteiger partial charge in [0.05, 0.1) is 0 Å². The third-order valence-electron chi connectivity index (χ3n) is 1.54. The van der Waals surface area contributed by atoms with Crippen LogP contribution >= 0.6 is 11.6 Å². The van der Waals surface area contributed by atoms with E-state index in [2.05, 4.69) is 4.98 Å². The number of aromatic nitrogens is 1. The van der Waals surface area contributed by atoms with Gasteiger partial charge in [-0.15, -0.1) is 0 Å². The molecule has 0 saturated carbocycles. The molecule has 0 spiro atoms. The van der Waals surface area contributed by atoms with E-state index in [1.54, 1.807) is 0 Å². The first-order chi connectivity index (χ1) is 5.82. The minimum absolute atomic E-state index is 0.0279. The molecular weight excluding hydrogens is 205 g/mol. The molecule has 0 amide bonds. The van der Waals surface area contributed by atoms with Crippen LogP contribution in [0, 0.1) is 6.92 Å². The first-order valence-corrected chi connectivity index (χ1v) is 3.70. The average molecular weight is 211 g/mol. The van der Waals surface area contributed by atoms with Crippen molar-refractivity contribution in [1.82, 2.24) is 4.98 Å². The number of nitrogens with two attached hydrogens (primary N) is 1. The number of nitrogens with zero attached hydrogens (tertiary/aromatic N) is 1. The van der Waals surface area contributed by atoms with E-state index < -0.39 is 11.9 Å². The number of nitrogen functional groups attached to an aromatic ring is 1. The molecule has 0 aliphatic carbocycles. The summed E-state index contributed by atoms with van der Waals surface area (Å²) in [5, 5.41) is -0.0279. The van der Waals surface area contributed by atoms with Gasteiger partial charge in [0.25, 0.3) is 0 Å². The molecule has 2 nitrogen and oxygen atoms in total. The zero-order chi connectivity index (χ0) is 10.2. The van der Waals surface area contributed by atoms with Gasteiger partial charge in [0.2, 0.25) is 0 Å². The van der Waals surface area contributed by atoms with Crippen LogP contribution in [0.2, 0.25) is 5.02 Å². The molecule has 0 bridgehead atoms. The van der Waals surface area contributed by atoms with Crippen molar-refractivity contribution in [2.24, 2.45) is 0 Å². The molecule has 72 valence electrons. The molecule has 0 atom stereocenters. The number of rotatable bonds is 0. The molecule has 0 saturated heterocycles. The molecule has 1 heterocycles. The topological polar surface area (TPSA) is 38.9 Å². The molecule has 1 rings (SSSR count). The summed E-state index contributed by atoms with van der Waals surface area (Å²) in [7, 11) is 0. The monoisotopic (exact) mass is 210 g/mol. The number of hydrogen-bond donors (Lipinski definition) is 1. The van der Waals surface area contributed by atoms with Crippen LogP contribution in [-0.4, -0.2) is 4.98 Å². The third kappa shape index (κ3) is 2.03. The van der Waals surface area contributed by atoms with E-state index in [4.69, 9.17) is 17.3 Å². The van der Waals surface area contributed by atoms with Crippen molar-refractivity contribution in [2.75, 3.05) is 5.73 Å². The van der Waals surface area contributed by atoms with Gasteiger partial charge in [-0.05, 0) is 13.0 Å². The second-order valence-corrected chi connectivity index (χ2v) is 2.90. The van der Waals surface area contributed by atoms with Gasteiger partial charge in [-0.1, -0.05) is 11.6 Å². The molecule has 0 aromatic carbocycles. The largest absolute Gasteiger partial charge is 0.433 e. The van der Waals surface area contributed by atoms with Crippen LogP contribution in [0.4, 0.5) is 19.0 Å². The second-order valence-electron chi connectivity index (χ2n) is 2.50. The number of pyridine rings is 1. The van der Waals surface area contributed by atoms with E-state index in [0.29, 0.717) is 5.56 Å². The summed E-state index contributed by atoms with van der Waals surface area (Å²) in [6.45, 7) is 1.50. The molecule has 6 heteroatoms. The van der Waals surface area contributed by atoms with Crippen molar-refractivity contribution in [3.63, 3.8) is 0 Å². The first kappa shape index (κ1) is 10.1. The van der Waals surface area contributed by atoms with Crippen LogP contribution < -0.4 is 5.73 Å². The molecule has 0 aliphatic rings. The van der Waals surface area contributed by atoms with E-state index in [0.717, 1.165) is 6.07 Å². The van der Waals surface area contributed by atoms with Crippen molar-refractivity contribution >= 4 is 17.4 Å². The molecule has 0 fully saturated rings. The summed E-state index contributed by atoms with van der Waals surface area (Å²) < 4.78 is 36.3. The summed E-state index contributed by atoms with van der Waals surface area (Å²) >= 11 is 5.51. The fraction of sp³-hybridized carbons (Fsp3) is 0.286. The maximum absolute atomic E-state index is 12.1. The molecule has 2 N–H and O–H groups in total. The van der Waals surface area contributed by atoms with Gasteiger partial charge < -0.3 is 5.73 Å². The number of hydrogen-bond acceptors (Lipinski definition) is 2. The Bertz CT molecular complexity index is 312. The van der Waals surface area contributed by atoms with Crippen LogP contribution in [0.3, 0.4) is 0 Å². The average Bonchev–Trinajstić information content (AvgIpc) is 1.97. The van der Waals surface area contributed by atoms with Gasteiger partial charge in [0.15, 0.2) is 0 Å². The zero-order valence-electron chi connectivity index (χ0n) is 6.61. The lowest BCUT2D eigenvalue weighted by Gasteiger charge is -2.08. The van der Waals surface area contributed by atoms with Gasteiger partial charge >= 0.3 is 6.18 Å². The Labute approximate surface area is 77.5 Å². The Hall–Kier alpha value is -0.970. The predicted octanol–water partition coefficient (Wildman–Crippen LogP) is 2.64. The van der Waals surface area contributed by atoms with Crippen LogP contribution in [0.5, 0.6) is 0 Å². The summed E-state index contributed by atoms with van der Waals surface area (Å²) in [5.41, 5.74) is 4.51. The van der Waals surface area contributed by atoms with Crippen LogP contribution in [0.15, 0.2) is 6.07 Å². The highest BCUT2D eigenvalue weighted by atomic mass is 35.5. The number of alkyl halides is 3. The standard InChI is InChI=1S/C7H6ClF3N2/c1-3-4(8)2-5(7(9,10)11)13-6(3)12/h2H,1H3,(H2,12,13). The van der Waals surface area contributed by atoms with Crippen LogP contribution in [0.1, 0.15) is 11.3 Å². The second kappa shape index (κ2) is 3.06.